The molecule has 0 rings (SSSR count). The third-order valence-electron chi connectivity index (χ3n) is 0.354. The smallest absolute Gasteiger partial charge is 0.358 e. The van der Waals surface area contributed by atoms with Gasteiger partial charge in [-0.05, 0) is 0 Å². The van der Waals surface area contributed by atoms with E-state index >= 15 is 0 Å². The standard InChI is InChI=1S/C4H9.CH3.ClH.Mg/c1-3-4-2;;;/h1,3-4H2,2H3;1H3;1H;/q2*-1;;+2. The van der Waals surface area contributed by atoms with Gasteiger partial charge in [0.25, 0.3) is 0 Å². The Hall–Kier alpha value is 1.06. The van der Waals surface area contributed by atoms with Gasteiger partial charge in [-0.15, -0.1) is 12.4 Å². The quantitative estimate of drug-likeness (QED) is 0.379. The van der Waals surface area contributed by atoms with E-state index in [-0.39, 0.29) is 42.9 Å². The summed E-state index contributed by atoms with van der Waals surface area (Å²) in [5.41, 5.74) is 0. The maximum atomic E-state index is 3.60. The van der Waals surface area contributed by atoms with Crippen molar-refractivity contribution in [2.24, 2.45) is 0 Å². The molecule has 0 bridgehead atoms. The summed E-state index contributed by atoms with van der Waals surface area (Å²) in [5, 5.41) is 0. The van der Waals surface area contributed by atoms with Gasteiger partial charge >= 0.3 is 23.1 Å². The zero-order valence-corrected chi connectivity index (χ0v) is 7.47. The Balaban J connectivity index is -0.0000000150. The molecule has 0 atom stereocenters. The summed E-state index contributed by atoms with van der Waals surface area (Å²) in [7, 11) is 0. The van der Waals surface area contributed by atoms with Crippen LogP contribution in [-0.2, 0) is 0 Å². The number of rotatable bonds is 1. The summed E-state index contributed by atoms with van der Waals surface area (Å²) < 4.78 is 0. The van der Waals surface area contributed by atoms with E-state index in [9.17, 15) is 0 Å². The summed E-state index contributed by atoms with van der Waals surface area (Å²) >= 11 is 0. The number of hydrogen-bond acceptors (Lipinski definition) is 0. The van der Waals surface area contributed by atoms with E-state index in [4.69, 9.17) is 0 Å². The van der Waals surface area contributed by atoms with Gasteiger partial charge in [0.15, 0.2) is 0 Å². The molecular formula is C5H13ClMg. The molecule has 0 aliphatic rings. The second-order valence-corrected chi connectivity index (χ2v) is 0.854. The number of hydrogen-bond donors (Lipinski definition) is 0. The van der Waals surface area contributed by atoms with Gasteiger partial charge < -0.3 is 14.4 Å². The first kappa shape index (κ1) is 24.4. The van der Waals surface area contributed by atoms with Crippen molar-refractivity contribution in [2.45, 2.75) is 19.8 Å². The molecule has 0 aliphatic heterocycles. The molecule has 2 heteroatoms. The van der Waals surface area contributed by atoms with Crippen LogP contribution in [0.2, 0.25) is 0 Å². The molecule has 0 aromatic rings. The maximum absolute atomic E-state index is 3.60. The molecule has 0 fully saturated rings. The van der Waals surface area contributed by atoms with E-state index in [1.54, 1.807) is 0 Å². The summed E-state index contributed by atoms with van der Waals surface area (Å²) in [6.45, 7) is 5.72. The monoisotopic (exact) mass is 132 g/mol. The minimum absolute atomic E-state index is 0. The van der Waals surface area contributed by atoms with Crippen molar-refractivity contribution in [3.63, 3.8) is 0 Å². The molecule has 0 N–H and O–H groups in total. The van der Waals surface area contributed by atoms with Crippen LogP contribution in [0.5, 0.6) is 0 Å². The Kier molecular flexibility index (Phi) is 96.5. The molecule has 0 aromatic carbocycles. The fraction of sp³-hybridized carbons (Fsp3) is 0.600. The van der Waals surface area contributed by atoms with Crippen molar-refractivity contribution in [1.82, 2.24) is 0 Å². The second kappa shape index (κ2) is 27.7. The zero-order chi connectivity index (χ0) is 3.41. The molecule has 0 aromatic heterocycles. The van der Waals surface area contributed by atoms with Crippen LogP contribution in [0.1, 0.15) is 19.8 Å². The van der Waals surface area contributed by atoms with E-state index < -0.39 is 0 Å². The molecule has 7 heavy (non-hydrogen) atoms. The molecule has 0 amide bonds. The van der Waals surface area contributed by atoms with E-state index in [1.165, 1.54) is 6.42 Å². The first-order valence-corrected chi connectivity index (χ1v) is 1.71. The minimum Gasteiger partial charge on any atom is -0.358 e. The number of halogens is 1. The molecule has 0 radical (unpaired) electrons. The van der Waals surface area contributed by atoms with Gasteiger partial charge in [0, 0.05) is 0 Å². The van der Waals surface area contributed by atoms with Gasteiger partial charge in [0.2, 0.25) is 0 Å². The van der Waals surface area contributed by atoms with E-state index in [2.05, 4.69) is 13.8 Å². The first-order chi connectivity index (χ1) is 1.91. The van der Waals surface area contributed by atoms with E-state index in [0.717, 1.165) is 6.42 Å². The van der Waals surface area contributed by atoms with Crippen LogP contribution in [0.3, 0.4) is 0 Å². The van der Waals surface area contributed by atoms with E-state index in [1.807, 2.05) is 0 Å². The fourth-order valence-corrected chi connectivity index (χ4v) is 0. The third-order valence-corrected chi connectivity index (χ3v) is 0.354. The Bertz CT molecular complexity index is 10.0. The van der Waals surface area contributed by atoms with Gasteiger partial charge in [0.1, 0.15) is 0 Å². The van der Waals surface area contributed by atoms with Crippen molar-refractivity contribution >= 4 is 35.5 Å². The molecule has 42 valence electrons. The largest absolute Gasteiger partial charge is 2.00 e. The maximum Gasteiger partial charge on any atom is 2.00 e. The topological polar surface area (TPSA) is 0 Å². The van der Waals surface area contributed by atoms with Gasteiger partial charge in [-0.25, -0.2) is 0 Å². The van der Waals surface area contributed by atoms with Crippen LogP contribution >= 0.6 is 12.4 Å². The average molecular weight is 133 g/mol. The van der Waals surface area contributed by atoms with Crippen molar-refractivity contribution in [1.29, 1.82) is 0 Å². The molecule has 0 saturated heterocycles. The van der Waals surface area contributed by atoms with Gasteiger partial charge in [-0.2, -0.15) is 6.42 Å². The van der Waals surface area contributed by atoms with Crippen LogP contribution in [0, 0.1) is 14.4 Å². The minimum atomic E-state index is 0. The normalized spacial score (nSPS) is 4.29. The van der Waals surface area contributed by atoms with Crippen LogP contribution in [0.15, 0.2) is 0 Å². The van der Waals surface area contributed by atoms with Gasteiger partial charge in [-0.3, -0.25) is 0 Å². The Morgan fingerprint density at radius 3 is 1.57 bits per heavy atom. The second-order valence-electron chi connectivity index (χ2n) is 0.854. The predicted octanol–water partition coefficient (Wildman–Crippen LogP) is 2.11. The van der Waals surface area contributed by atoms with Crippen molar-refractivity contribution in [2.75, 3.05) is 0 Å². The number of unbranched alkanes of at least 4 members (excludes halogenated alkanes) is 1. The van der Waals surface area contributed by atoms with Crippen molar-refractivity contribution in [3.8, 4) is 0 Å². The van der Waals surface area contributed by atoms with Gasteiger partial charge in [0.05, 0.1) is 0 Å². The Morgan fingerprint density at radius 2 is 1.57 bits per heavy atom. The van der Waals surface area contributed by atoms with Gasteiger partial charge in [-0.1, -0.05) is 13.3 Å². The summed E-state index contributed by atoms with van der Waals surface area (Å²) in [6.07, 6.45) is 2.28. The van der Waals surface area contributed by atoms with Crippen LogP contribution in [0.25, 0.3) is 0 Å². The third kappa shape index (κ3) is 42.7. The molecule has 0 saturated carbocycles. The first-order valence-electron chi connectivity index (χ1n) is 1.71. The molecule has 0 aliphatic carbocycles. The van der Waals surface area contributed by atoms with Crippen LogP contribution in [-0.4, -0.2) is 23.1 Å². The van der Waals surface area contributed by atoms with Crippen molar-refractivity contribution in [3.05, 3.63) is 14.4 Å². The Labute approximate surface area is 69.6 Å². The summed E-state index contributed by atoms with van der Waals surface area (Å²) in [5.74, 6) is 0. The molecule has 0 heterocycles. The summed E-state index contributed by atoms with van der Waals surface area (Å²) in [6, 6.07) is 0. The average Bonchev–Trinajstić information content (AvgIpc) is 1.37. The summed E-state index contributed by atoms with van der Waals surface area (Å²) in [4.78, 5) is 0. The van der Waals surface area contributed by atoms with E-state index in [0.29, 0.717) is 0 Å². The van der Waals surface area contributed by atoms with Crippen molar-refractivity contribution < 1.29 is 0 Å². The zero-order valence-electron chi connectivity index (χ0n) is 5.24. The predicted molar refractivity (Wildman–Crippen MR) is 39.7 cm³/mol. The fourth-order valence-electron chi connectivity index (χ4n) is 0. The molecular weight excluding hydrogens is 120 g/mol. The molecule has 0 nitrogen and oxygen atoms in total. The van der Waals surface area contributed by atoms with Crippen LogP contribution in [0.4, 0.5) is 0 Å². The molecule has 0 spiro atoms. The molecule has 0 unspecified atom stereocenters. The SMILES string of the molecule is Cl.[CH2-]CCC.[CH3-].[Mg+2]. The van der Waals surface area contributed by atoms with Crippen LogP contribution < -0.4 is 0 Å². The Morgan fingerprint density at radius 1 is 1.43 bits per heavy atom.